The van der Waals surface area contributed by atoms with E-state index in [1.165, 1.54) is 0 Å². The summed E-state index contributed by atoms with van der Waals surface area (Å²) in [5.41, 5.74) is 6.64. The maximum absolute atomic E-state index is 14.8. The highest BCUT2D eigenvalue weighted by molar-refractivity contribution is 5.72. The van der Waals surface area contributed by atoms with Gasteiger partial charge in [-0.15, -0.1) is 0 Å². The second-order valence-corrected chi connectivity index (χ2v) is 6.46. The molecule has 1 heterocycles. The van der Waals surface area contributed by atoms with Gasteiger partial charge in [0.1, 0.15) is 6.10 Å². The number of urea groups is 1. The number of hydrogen-bond donors (Lipinski definition) is 2. The van der Waals surface area contributed by atoms with Crippen molar-refractivity contribution in [3.63, 3.8) is 0 Å². The summed E-state index contributed by atoms with van der Waals surface area (Å²) in [7, 11) is 0. The summed E-state index contributed by atoms with van der Waals surface area (Å²) < 4.78 is 45.9. The van der Waals surface area contributed by atoms with E-state index in [0.29, 0.717) is 0 Å². The number of ether oxygens (including phenoxy) is 3. The molecule has 1 fully saturated rings. The van der Waals surface area contributed by atoms with Crippen LogP contribution in [0.25, 0.3) is 0 Å². The summed E-state index contributed by atoms with van der Waals surface area (Å²) in [6.45, 7) is 0.0927. The molecular weight excluding hydrogens is 370 g/mol. The number of nitrogens with two attached hydrogens (primary N) is 1. The van der Waals surface area contributed by atoms with E-state index in [1.807, 2.05) is 41.7 Å². The molecule has 1 aliphatic heterocycles. The zero-order valence-electron chi connectivity index (χ0n) is 15.1. The van der Waals surface area contributed by atoms with Crippen molar-refractivity contribution in [3.8, 4) is 0 Å². The molecule has 3 N–H and O–H groups in total. The molecule has 3 rings (SSSR count). The highest BCUT2D eigenvalue weighted by atomic mass is 19.3. The number of carbonyl (C=O) groups is 1. The monoisotopic (exact) mass is 392 g/mol. The van der Waals surface area contributed by atoms with E-state index in [4.69, 9.17) is 19.9 Å². The third-order valence-corrected chi connectivity index (χ3v) is 4.32. The summed E-state index contributed by atoms with van der Waals surface area (Å²) in [5, 5.41) is 1.93. The van der Waals surface area contributed by atoms with E-state index in [-0.39, 0.29) is 19.8 Å². The van der Waals surface area contributed by atoms with Crippen LogP contribution in [0.2, 0.25) is 0 Å². The molecule has 2 amide bonds. The smallest absolute Gasteiger partial charge is 0.320 e. The zero-order valence-corrected chi connectivity index (χ0v) is 15.1. The van der Waals surface area contributed by atoms with Gasteiger partial charge in [-0.2, -0.15) is 8.78 Å². The standard InChI is InChI=1S/C20H22F2N2O4/c21-20(22)17(27-12-15-9-5-2-6-10-15)16(28-18(20)24-19(23)25)13-26-11-14-7-3-1-4-8-14/h1-10,16-18H,11-13H2,(H3,23,24,25)/t16-,17-,18?/m1/s1. The van der Waals surface area contributed by atoms with Crippen molar-refractivity contribution in [1.82, 2.24) is 5.32 Å². The fraction of sp³-hybridized carbons (Fsp3) is 0.350. The van der Waals surface area contributed by atoms with E-state index in [1.54, 1.807) is 24.3 Å². The van der Waals surface area contributed by atoms with Gasteiger partial charge in [0.15, 0.2) is 12.3 Å². The van der Waals surface area contributed by atoms with Crippen molar-refractivity contribution in [3.05, 3.63) is 71.8 Å². The third-order valence-electron chi connectivity index (χ3n) is 4.32. The minimum Gasteiger partial charge on any atom is -0.374 e. The first-order valence-corrected chi connectivity index (χ1v) is 8.83. The molecule has 150 valence electrons. The van der Waals surface area contributed by atoms with Gasteiger partial charge < -0.3 is 25.3 Å². The SMILES string of the molecule is NC(=O)NC1O[C@H](COCc2ccccc2)[C@@H](OCc2ccccc2)C1(F)F. The lowest BCUT2D eigenvalue weighted by molar-refractivity contribution is -0.142. The van der Waals surface area contributed by atoms with Crippen LogP contribution in [0.3, 0.4) is 0 Å². The fourth-order valence-electron chi connectivity index (χ4n) is 2.97. The molecular formula is C20H22F2N2O4. The predicted octanol–water partition coefficient (Wildman–Crippen LogP) is 2.82. The fourth-order valence-corrected chi connectivity index (χ4v) is 2.97. The van der Waals surface area contributed by atoms with Crippen molar-refractivity contribution < 1.29 is 27.8 Å². The summed E-state index contributed by atoms with van der Waals surface area (Å²) in [6.07, 6.45) is -4.55. The molecule has 0 saturated carbocycles. The molecule has 28 heavy (non-hydrogen) atoms. The molecule has 8 heteroatoms. The number of halogens is 2. The first kappa shape index (κ1) is 20.2. The number of alkyl halides is 2. The zero-order chi connectivity index (χ0) is 20.0. The van der Waals surface area contributed by atoms with Crippen molar-refractivity contribution in [2.24, 2.45) is 5.73 Å². The average molecular weight is 392 g/mol. The van der Waals surface area contributed by atoms with Crippen LogP contribution in [-0.4, -0.2) is 37.0 Å². The Morgan fingerprint density at radius 1 is 1.04 bits per heavy atom. The Bertz CT molecular complexity index is 761. The van der Waals surface area contributed by atoms with Gasteiger partial charge >= 0.3 is 12.0 Å². The molecule has 1 saturated heterocycles. The van der Waals surface area contributed by atoms with Gasteiger partial charge in [-0.1, -0.05) is 60.7 Å². The Morgan fingerprint density at radius 3 is 2.18 bits per heavy atom. The largest absolute Gasteiger partial charge is 0.374 e. The van der Waals surface area contributed by atoms with Crippen molar-refractivity contribution >= 4 is 6.03 Å². The summed E-state index contributed by atoms with van der Waals surface area (Å²) in [5.74, 6) is -3.47. The van der Waals surface area contributed by atoms with Gasteiger partial charge in [-0.05, 0) is 11.1 Å². The number of primary amides is 1. The van der Waals surface area contributed by atoms with Crippen LogP contribution in [0.1, 0.15) is 11.1 Å². The highest BCUT2D eigenvalue weighted by Crippen LogP contribution is 2.37. The lowest BCUT2D eigenvalue weighted by Crippen LogP contribution is -2.51. The van der Waals surface area contributed by atoms with Crippen LogP contribution < -0.4 is 11.1 Å². The number of nitrogens with one attached hydrogen (secondary N) is 1. The predicted molar refractivity (Wildman–Crippen MR) is 97.4 cm³/mol. The Hall–Kier alpha value is -2.55. The topological polar surface area (TPSA) is 82.8 Å². The average Bonchev–Trinajstić information content (AvgIpc) is 2.91. The van der Waals surface area contributed by atoms with E-state index < -0.39 is 30.4 Å². The lowest BCUT2D eigenvalue weighted by atomic mass is 10.1. The Morgan fingerprint density at radius 2 is 1.61 bits per heavy atom. The molecule has 2 aromatic rings. The Kier molecular flexibility index (Phi) is 6.56. The van der Waals surface area contributed by atoms with Gasteiger partial charge in [0.25, 0.3) is 0 Å². The molecule has 0 bridgehead atoms. The van der Waals surface area contributed by atoms with Crippen LogP contribution in [-0.2, 0) is 27.4 Å². The third kappa shape index (κ3) is 5.03. The lowest BCUT2D eigenvalue weighted by Gasteiger charge is -2.24. The Labute approximate surface area is 161 Å². The molecule has 2 aromatic carbocycles. The molecule has 0 radical (unpaired) electrons. The van der Waals surface area contributed by atoms with Crippen LogP contribution >= 0.6 is 0 Å². The minimum absolute atomic E-state index is 0.0249. The Balaban J connectivity index is 1.66. The highest BCUT2D eigenvalue weighted by Gasteiger charge is 2.60. The van der Waals surface area contributed by atoms with Crippen LogP contribution in [0.15, 0.2) is 60.7 Å². The number of amides is 2. The van der Waals surface area contributed by atoms with Gasteiger partial charge in [-0.25, -0.2) is 4.79 Å². The van der Waals surface area contributed by atoms with Crippen LogP contribution in [0.4, 0.5) is 13.6 Å². The first-order chi connectivity index (χ1) is 13.5. The van der Waals surface area contributed by atoms with E-state index >= 15 is 0 Å². The van der Waals surface area contributed by atoms with E-state index in [9.17, 15) is 13.6 Å². The normalized spacial score (nSPS) is 23.4. The number of carbonyl (C=O) groups excluding carboxylic acids is 1. The van der Waals surface area contributed by atoms with Crippen LogP contribution in [0.5, 0.6) is 0 Å². The van der Waals surface area contributed by atoms with Gasteiger partial charge in [0.2, 0.25) is 0 Å². The molecule has 3 atom stereocenters. The second kappa shape index (κ2) is 9.09. The molecule has 1 unspecified atom stereocenters. The van der Waals surface area contributed by atoms with Crippen molar-refractivity contribution in [2.45, 2.75) is 37.6 Å². The maximum atomic E-state index is 14.8. The number of benzene rings is 2. The number of hydrogen-bond acceptors (Lipinski definition) is 4. The van der Waals surface area contributed by atoms with E-state index in [2.05, 4.69) is 0 Å². The molecule has 1 aliphatic rings. The molecule has 6 nitrogen and oxygen atoms in total. The maximum Gasteiger partial charge on any atom is 0.320 e. The molecule has 0 aromatic heterocycles. The van der Waals surface area contributed by atoms with Crippen LogP contribution in [0, 0.1) is 0 Å². The quantitative estimate of drug-likeness (QED) is 0.724. The number of rotatable bonds is 8. The second-order valence-electron chi connectivity index (χ2n) is 6.46. The van der Waals surface area contributed by atoms with Gasteiger partial charge in [-0.3, -0.25) is 0 Å². The summed E-state index contributed by atoms with van der Waals surface area (Å²) in [4.78, 5) is 11.1. The van der Waals surface area contributed by atoms with Gasteiger partial charge in [0, 0.05) is 0 Å². The summed E-state index contributed by atoms with van der Waals surface area (Å²) in [6, 6.07) is 17.2. The van der Waals surface area contributed by atoms with Crippen molar-refractivity contribution in [1.29, 1.82) is 0 Å². The minimum atomic E-state index is -3.47. The van der Waals surface area contributed by atoms with Crippen molar-refractivity contribution in [2.75, 3.05) is 6.61 Å². The summed E-state index contributed by atoms with van der Waals surface area (Å²) >= 11 is 0. The molecule has 0 aliphatic carbocycles. The first-order valence-electron chi connectivity index (χ1n) is 8.83. The molecule has 0 spiro atoms. The van der Waals surface area contributed by atoms with E-state index in [0.717, 1.165) is 11.1 Å². The van der Waals surface area contributed by atoms with Gasteiger partial charge in [0.05, 0.1) is 19.8 Å².